The Morgan fingerprint density at radius 1 is 0.845 bits per heavy atom. The van der Waals surface area contributed by atoms with Gasteiger partial charge in [0, 0.05) is 18.2 Å². The second kappa shape index (κ2) is 14.3. The zero-order valence-corrected chi connectivity index (χ0v) is 34.2. The van der Waals surface area contributed by atoms with Gasteiger partial charge in [0.25, 0.3) is 0 Å². The summed E-state index contributed by atoms with van der Waals surface area (Å²) in [5, 5.41) is 5.01. The molecule has 4 heterocycles. The average Bonchev–Trinajstić information content (AvgIpc) is 3.83. The second-order valence-electron chi connectivity index (χ2n) is 18.3. The van der Waals surface area contributed by atoms with Crippen LogP contribution >= 0.6 is 0 Å². The first-order valence-corrected chi connectivity index (χ1v) is 20.7. The lowest BCUT2D eigenvalue weighted by Gasteiger charge is -2.37. The number of rotatable bonds is 8. The van der Waals surface area contributed by atoms with Crippen molar-refractivity contribution in [3.05, 3.63) is 84.7 Å². The van der Waals surface area contributed by atoms with E-state index in [1.54, 1.807) is 0 Å². The van der Waals surface area contributed by atoms with Crippen LogP contribution in [0.3, 0.4) is 0 Å². The lowest BCUT2D eigenvalue weighted by molar-refractivity contribution is -0.139. The predicted molar refractivity (Wildman–Crippen MR) is 221 cm³/mol. The first-order valence-electron chi connectivity index (χ1n) is 20.7. The van der Waals surface area contributed by atoms with Gasteiger partial charge in [0.1, 0.15) is 23.3 Å². The quantitative estimate of drug-likeness (QED) is 0.142. The Balaban J connectivity index is 0.898. The Morgan fingerprint density at radius 3 is 2.14 bits per heavy atom. The van der Waals surface area contributed by atoms with E-state index in [1.165, 1.54) is 7.11 Å². The number of carbonyl (C=O) groups excluding carboxylic acids is 3. The van der Waals surface area contributed by atoms with Crippen LogP contribution < -0.4 is 5.32 Å². The third-order valence-corrected chi connectivity index (χ3v) is 12.8. The number of piperidine rings is 1. The zero-order valence-electron chi connectivity index (χ0n) is 34.2. The van der Waals surface area contributed by atoms with Gasteiger partial charge in [0.2, 0.25) is 5.91 Å². The van der Waals surface area contributed by atoms with Crippen molar-refractivity contribution in [2.24, 2.45) is 17.3 Å². The molecule has 0 radical (unpaired) electrons. The molecule has 3 N–H and O–H groups in total. The van der Waals surface area contributed by atoms with Crippen molar-refractivity contribution in [2.75, 3.05) is 13.7 Å². The molecule has 5 atom stereocenters. The van der Waals surface area contributed by atoms with Crippen LogP contribution in [0.2, 0.25) is 0 Å². The van der Waals surface area contributed by atoms with Crippen molar-refractivity contribution in [3.63, 3.8) is 0 Å². The molecule has 4 fully saturated rings. The van der Waals surface area contributed by atoms with E-state index in [9.17, 15) is 14.4 Å². The topological polar surface area (TPSA) is 146 Å². The fourth-order valence-corrected chi connectivity index (χ4v) is 9.59. The number of carbonyl (C=O) groups is 3. The molecule has 3 aromatic carbocycles. The maximum atomic E-state index is 14.0. The third-order valence-electron chi connectivity index (χ3n) is 12.8. The molecule has 5 aromatic rings. The van der Waals surface area contributed by atoms with E-state index in [1.807, 2.05) is 56.8 Å². The number of benzene rings is 3. The van der Waals surface area contributed by atoms with Gasteiger partial charge in [-0.15, -0.1) is 0 Å². The van der Waals surface area contributed by atoms with Gasteiger partial charge < -0.3 is 29.7 Å². The highest BCUT2D eigenvalue weighted by molar-refractivity contribution is 5.91. The van der Waals surface area contributed by atoms with E-state index in [0.717, 1.165) is 101 Å². The molecular formula is C46H53N7O5. The van der Waals surface area contributed by atoms with Gasteiger partial charge in [-0.25, -0.2) is 19.6 Å². The van der Waals surface area contributed by atoms with E-state index in [0.29, 0.717) is 5.92 Å². The third kappa shape index (κ3) is 7.11. The van der Waals surface area contributed by atoms with Crippen molar-refractivity contribution < 1.29 is 23.9 Å². The molecule has 58 heavy (non-hydrogen) atoms. The van der Waals surface area contributed by atoms with Gasteiger partial charge in [-0.2, -0.15) is 0 Å². The fraction of sp³-hybridized carbons (Fsp3) is 0.457. The van der Waals surface area contributed by atoms with E-state index < -0.39 is 17.7 Å². The molecule has 3 amide bonds. The van der Waals surface area contributed by atoms with Crippen LogP contribution in [0, 0.1) is 17.3 Å². The summed E-state index contributed by atoms with van der Waals surface area (Å²) in [5.74, 6) is 1.74. The molecule has 12 nitrogen and oxygen atoms in total. The molecule has 2 bridgehead atoms. The summed E-state index contributed by atoms with van der Waals surface area (Å²) < 4.78 is 10.6. The number of amides is 3. The van der Waals surface area contributed by atoms with Gasteiger partial charge in [0.05, 0.1) is 43.0 Å². The minimum Gasteiger partial charge on any atom is -0.453 e. The van der Waals surface area contributed by atoms with Gasteiger partial charge in [0.15, 0.2) is 0 Å². The van der Waals surface area contributed by atoms with Crippen molar-refractivity contribution >= 4 is 28.9 Å². The number of aromatic amines is 2. The molecule has 12 heteroatoms. The Labute approximate surface area is 339 Å². The van der Waals surface area contributed by atoms with Crippen LogP contribution in [0.5, 0.6) is 0 Å². The first kappa shape index (κ1) is 37.9. The van der Waals surface area contributed by atoms with E-state index in [4.69, 9.17) is 19.4 Å². The lowest BCUT2D eigenvalue weighted by atomic mass is 9.95. The van der Waals surface area contributed by atoms with Crippen molar-refractivity contribution in [1.82, 2.24) is 35.1 Å². The van der Waals surface area contributed by atoms with Gasteiger partial charge in [-0.1, -0.05) is 62.4 Å². The van der Waals surface area contributed by atoms with Gasteiger partial charge >= 0.3 is 12.2 Å². The fourth-order valence-electron chi connectivity index (χ4n) is 9.59. The second-order valence-corrected chi connectivity index (χ2v) is 18.3. The average molecular weight is 784 g/mol. The maximum Gasteiger partial charge on any atom is 0.410 e. The summed E-state index contributed by atoms with van der Waals surface area (Å²) in [5.41, 5.74) is 5.76. The van der Waals surface area contributed by atoms with Crippen molar-refractivity contribution in [3.8, 4) is 33.6 Å². The number of fused-ring (bicyclic) bond motifs is 3. The molecule has 2 aliphatic heterocycles. The highest BCUT2D eigenvalue weighted by Crippen LogP contribution is 2.58. The number of alkyl carbamates (subject to hydrolysis) is 1. The van der Waals surface area contributed by atoms with E-state index in [2.05, 4.69) is 75.9 Å². The number of hydrogen-bond donors (Lipinski definition) is 3. The Bertz CT molecular complexity index is 2370. The highest BCUT2D eigenvalue weighted by atomic mass is 16.6. The largest absolute Gasteiger partial charge is 0.453 e. The summed E-state index contributed by atoms with van der Waals surface area (Å²) in [6.45, 7) is 10.3. The molecule has 5 unspecified atom stereocenters. The molecule has 1 spiro atoms. The van der Waals surface area contributed by atoms with Crippen molar-refractivity contribution in [2.45, 2.75) is 103 Å². The Kier molecular flexibility index (Phi) is 9.36. The molecule has 2 saturated carbocycles. The molecule has 2 aromatic heterocycles. The maximum absolute atomic E-state index is 14.0. The van der Waals surface area contributed by atoms with Gasteiger partial charge in [-0.3, -0.25) is 9.69 Å². The minimum absolute atomic E-state index is 0.0825. The first-order chi connectivity index (χ1) is 27.8. The summed E-state index contributed by atoms with van der Waals surface area (Å²) in [7, 11) is 1.31. The Hall–Kier alpha value is -5.65. The number of imidazole rings is 2. The van der Waals surface area contributed by atoms with Crippen molar-refractivity contribution in [1.29, 1.82) is 0 Å². The minimum atomic E-state index is -0.673. The smallest absolute Gasteiger partial charge is 0.410 e. The summed E-state index contributed by atoms with van der Waals surface area (Å²) in [6, 6.07) is 20.6. The number of H-pyrrole nitrogens is 2. The standard InChI is InChI=1S/C46H53N7O5/c1-26(2)38(51-43(55)57-6)42(54)53-34-16-15-33(21-34)39(53)41-48-24-36(50-41)32-14-13-30-19-29(11-12-31(30)20-32)27-7-9-28(10-8-27)35-23-47-40(49-35)37-22-46(17-18-46)25-52(37)44(56)58-45(3,4)5/h7-14,19-20,23-24,26,33-34,37-39H,15-18,21-22,25H2,1-6H3,(H,47,49)(H,48,50)(H,51,55). The zero-order chi connectivity index (χ0) is 40.5. The molecule has 302 valence electrons. The molecule has 9 rings (SSSR count). The molecular weight excluding hydrogens is 731 g/mol. The van der Waals surface area contributed by atoms with Crippen LogP contribution in [-0.2, 0) is 14.3 Å². The molecule has 2 aliphatic carbocycles. The highest BCUT2D eigenvalue weighted by Gasteiger charge is 2.55. The van der Waals surface area contributed by atoms with Gasteiger partial charge in [-0.05, 0) is 116 Å². The SMILES string of the molecule is COC(=O)NC(C(=O)N1C2CCC(C2)C1c1ncc(-c2ccc3cc(-c4ccc(-c5cnc(C6CC7(CC7)CN6C(=O)OC(C)(C)C)[nH]5)cc4)ccc3c2)[nH]1)C(C)C. The number of methoxy groups -OCH3 is 1. The summed E-state index contributed by atoms with van der Waals surface area (Å²) in [6.07, 6.45) is 9.01. The van der Waals surface area contributed by atoms with Crippen LogP contribution in [-0.4, -0.2) is 79.2 Å². The number of nitrogens with one attached hydrogen (secondary N) is 3. The van der Waals surface area contributed by atoms with Crippen LogP contribution in [0.25, 0.3) is 44.4 Å². The molecule has 2 saturated heterocycles. The number of nitrogens with zero attached hydrogens (tertiary/aromatic N) is 4. The van der Waals surface area contributed by atoms with E-state index >= 15 is 0 Å². The van der Waals surface area contributed by atoms with Crippen LogP contribution in [0.15, 0.2) is 73.1 Å². The lowest BCUT2D eigenvalue weighted by Crippen LogP contribution is -2.54. The van der Waals surface area contributed by atoms with E-state index in [-0.39, 0.29) is 41.5 Å². The summed E-state index contributed by atoms with van der Waals surface area (Å²) >= 11 is 0. The monoisotopic (exact) mass is 783 g/mol. The Morgan fingerprint density at radius 2 is 1.47 bits per heavy atom. The number of hydrogen-bond acceptors (Lipinski definition) is 7. The normalized spacial score (nSPS) is 22.5. The number of aromatic nitrogens is 4. The van der Waals surface area contributed by atoms with Crippen LogP contribution in [0.4, 0.5) is 9.59 Å². The number of likely N-dealkylation sites (tertiary alicyclic amines) is 2. The molecule has 4 aliphatic rings. The predicted octanol–water partition coefficient (Wildman–Crippen LogP) is 9.18. The number of ether oxygens (including phenoxy) is 2. The summed E-state index contributed by atoms with van der Waals surface area (Å²) in [4.78, 5) is 59.8. The van der Waals surface area contributed by atoms with Crippen LogP contribution in [0.1, 0.15) is 96.9 Å².